The lowest BCUT2D eigenvalue weighted by atomic mass is 9.95. The van der Waals surface area contributed by atoms with Gasteiger partial charge in [-0.25, -0.2) is 0 Å². The summed E-state index contributed by atoms with van der Waals surface area (Å²) in [6, 6.07) is 0. The van der Waals surface area contributed by atoms with Gasteiger partial charge in [-0.05, 0) is 11.8 Å². The van der Waals surface area contributed by atoms with Crippen LogP contribution in [-0.4, -0.2) is 0 Å². The normalized spacial score (nSPS) is 13.3. The zero-order valence-corrected chi connectivity index (χ0v) is 27.1. The summed E-state index contributed by atoms with van der Waals surface area (Å²) in [6.45, 7) is 9.61. The van der Waals surface area contributed by atoms with Crippen LogP contribution in [0.1, 0.15) is 227 Å². The molecule has 0 radical (unpaired) electrons. The fraction of sp³-hybridized carbons (Fsp3) is 1.00. The third kappa shape index (κ3) is 32.1. The smallest absolute Gasteiger partial charge is 0.0443 e. The minimum Gasteiger partial charge on any atom is -0.0654 e. The van der Waals surface area contributed by atoms with Gasteiger partial charge in [0.2, 0.25) is 0 Å². The monoisotopic (exact) mass is 521 g/mol. The van der Waals surface area contributed by atoms with E-state index >= 15 is 0 Å². The Morgan fingerprint density at radius 3 is 0.622 bits per heavy atom. The lowest BCUT2D eigenvalue weighted by Gasteiger charge is -2.11. The summed E-state index contributed by atoms with van der Waals surface area (Å²) in [5.74, 6) is 1.93. The van der Waals surface area contributed by atoms with Gasteiger partial charge in [0.15, 0.2) is 0 Å². The fourth-order valence-electron chi connectivity index (χ4n) is 6.12. The molecule has 0 amide bonds. The molecule has 0 rings (SSSR count). The van der Waals surface area contributed by atoms with Crippen molar-refractivity contribution in [3.63, 3.8) is 0 Å². The summed E-state index contributed by atoms with van der Waals surface area (Å²) in [7, 11) is 0. The molecule has 0 saturated heterocycles. The maximum absolute atomic E-state index is 2.51. The highest BCUT2D eigenvalue weighted by atomic mass is 14.1. The predicted molar refractivity (Wildman–Crippen MR) is 173 cm³/mol. The Morgan fingerprint density at radius 2 is 0.405 bits per heavy atom. The van der Waals surface area contributed by atoms with E-state index in [-0.39, 0.29) is 0 Å². The largest absolute Gasteiger partial charge is 0.0654 e. The Labute approximate surface area is 238 Å². The number of unbranched alkanes of at least 4 members (excludes halogenated alkanes) is 24. The van der Waals surface area contributed by atoms with E-state index in [4.69, 9.17) is 0 Å². The van der Waals surface area contributed by atoms with Crippen LogP contribution in [0.4, 0.5) is 0 Å². The van der Waals surface area contributed by atoms with Crippen LogP contribution in [0.15, 0.2) is 0 Å². The Kier molecular flexibility index (Phi) is 32.2. The molecule has 0 bridgehead atoms. The van der Waals surface area contributed by atoms with Crippen molar-refractivity contribution in [3.05, 3.63) is 0 Å². The molecule has 0 aromatic rings. The van der Waals surface area contributed by atoms with Gasteiger partial charge >= 0.3 is 0 Å². The molecule has 0 N–H and O–H groups in total. The Balaban J connectivity index is 3.19. The van der Waals surface area contributed by atoms with Crippen molar-refractivity contribution >= 4 is 0 Å². The summed E-state index contributed by atoms with van der Waals surface area (Å²) < 4.78 is 0. The van der Waals surface area contributed by atoms with Crippen LogP contribution in [0.25, 0.3) is 0 Å². The summed E-state index contributed by atoms with van der Waals surface area (Å²) >= 11 is 0. The van der Waals surface area contributed by atoms with E-state index in [1.54, 1.807) is 0 Å². The van der Waals surface area contributed by atoms with Gasteiger partial charge in [0.05, 0.1) is 0 Å². The van der Waals surface area contributed by atoms with Crippen LogP contribution in [0.2, 0.25) is 0 Å². The maximum atomic E-state index is 2.51. The van der Waals surface area contributed by atoms with Crippen molar-refractivity contribution < 1.29 is 0 Å². The van der Waals surface area contributed by atoms with Crippen LogP contribution in [0.3, 0.4) is 0 Å². The topological polar surface area (TPSA) is 0 Å². The highest BCUT2D eigenvalue weighted by molar-refractivity contribution is 4.58. The highest BCUT2D eigenvalue weighted by Gasteiger charge is 2.03. The van der Waals surface area contributed by atoms with Gasteiger partial charge in [-0.15, -0.1) is 0 Å². The third-order valence-corrected chi connectivity index (χ3v) is 8.99. The molecule has 0 aliphatic heterocycles. The van der Waals surface area contributed by atoms with Crippen LogP contribution >= 0.6 is 0 Å². The minimum absolute atomic E-state index is 0.964. The number of rotatable bonds is 32. The van der Waals surface area contributed by atoms with Crippen molar-refractivity contribution in [2.24, 2.45) is 11.8 Å². The molecule has 0 heteroatoms. The first-order valence-corrected chi connectivity index (χ1v) is 18.2. The van der Waals surface area contributed by atoms with Gasteiger partial charge in [-0.2, -0.15) is 0 Å². The van der Waals surface area contributed by atoms with Crippen LogP contribution in [0.5, 0.6) is 0 Å². The van der Waals surface area contributed by atoms with E-state index in [0.29, 0.717) is 0 Å². The molecule has 0 aromatic heterocycles. The van der Waals surface area contributed by atoms with Crippen molar-refractivity contribution in [2.45, 2.75) is 227 Å². The molecule has 0 aliphatic carbocycles. The van der Waals surface area contributed by atoms with E-state index in [1.807, 2.05) is 0 Å². The highest BCUT2D eigenvalue weighted by Crippen LogP contribution is 2.20. The van der Waals surface area contributed by atoms with Crippen molar-refractivity contribution in [3.8, 4) is 0 Å². The molecular weight excluding hydrogens is 444 g/mol. The SMILES string of the molecule is CCCCCCCCCCCCCCCCC(C)CCCCCCCCCCCC(C)CCCCCC. The molecule has 0 spiro atoms. The van der Waals surface area contributed by atoms with E-state index < -0.39 is 0 Å². The zero-order valence-electron chi connectivity index (χ0n) is 27.1. The first-order chi connectivity index (χ1) is 18.2. The second-order valence-corrected chi connectivity index (χ2v) is 13.2. The lowest BCUT2D eigenvalue weighted by molar-refractivity contribution is 0.426. The first kappa shape index (κ1) is 37.0. The zero-order chi connectivity index (χ0) is 27.1. The average Bonchev–Trinajstić information content (AvgIpc) is 2.90. The maximum Gasteiger partial charge on any atom is -0.0443 e. The molecule has 0 heterocycles. The van der Waals surface area contributed by atoms with E-state index in [2.05, 4.69) is 27.7 Å². The first-order valence-electron chi connectivity index (χ1n) is 18.2. The van der Waals surface area contributed by atoms with E-state index in [9.17, 15) is 0 Å². The summed E-state index contributed by atoms with van der Waals surface area (Å²) in [5.41, 5.74) is 0. The Morgan fingerprint density at radius 1 is 0.243 bits per heavy atom. The number of hydrogen-bond acceptors (Lipinski definition) is 0. The second-order valence-electron chi connectivity index (χ2n) is 13.2. The predicted octanol–water partition coefficient (Wildman–Crippen LogP) is 14.4. The summed E-state index contributed by atoms with van der Waals surface area (Å²) in [5, 5.41) is 0. The molecule has 2 atom stereocenters. The van der Waals surface area contributed by atoms with Crippen molar-refractivity contribution in [2.75, 3.05) is 0 Å². The van der Waals surface area contributed by atoms with Crippen molar-refractivity contribution in [1.82, 2.24) is 0 Å². The molecule has 0 fully saturated rings. The van der Waals surface area contributed by atoms with Gasteiger partial charge in [0, 0.05) is 0 Å². The van der Waals surface area contributed by atoms with Gasteiger partial charge in [0.1, 0.15) is 0 Å². The average molecular weight is 521 g/mol. The molecular formula is C37H76. The van der Waals surface area contributed by atoms with Crippen LogP contribution in [-0.2, 0) is 0 Å². The second kappa shape index (κ2) is 32.2. The van der Waals surface area contributed by atoms with Gasteiger partial charge in [0.25, 0.3) is 0 Å². The number of hydrogen-bond donors (Lipinski definition) is 0. The fourth-order valence-corrected chi connectivity index (χ4v) is 6.12. The van der Waals surface area contributed by atoms with Gasteiger partial charge in [-0.3, -0.25) is 0 Å². The van der Waals surface area contributed by atoms with Crippen molar-refractivity contribution in [1.29, 1.82) is 0 Å². The van der Waals surface area contributed by atoms with Crippen LogP contribution in [0, 0.1) is 11.8 Å². The molecule has 224 valence electrons. The molecule has 37 heavy (non-hydrogen) atoms. The Bertz CT molecular complexity index is 385. The molecule has 0 saturated carbocycles. The minimum atomic E-state index is 0.964. The third-order valence-electron chi connectivity index (χ3n) is 8.99. The molecule has 0 aliphatic rings. The summed E-state index contributed by atoms with van der Waals surface area (Å²) in [6.07, 6.45) is 45.6. The van der Waals surface area contributed by atoms with E-state index in [0.717, 1.165) is 11.8 Å². The molecule has 0 nitrogen and oxygen atoms in total. The molecule has 2 unspecified atom stereocenters. The van der Waals surface area contributed by atoms with E-state index in [1.165, 1.54) is 199 Å². The lowest BCUT2D eigenvalue weighted by Crippen LogP contribution is -1.95. The standard InChI is InChI=1S/C37H76/c1-5-7-9-11-12-13-14-15-16-17-19-22-25-30-34-37(4)35-31-27-24-21-18-20-23-26-29-33-36(3)32-28-10-8-6-2/h36-37H,5-35H2,1-4H3. The Hall–Kier alpha value is 0. The molecule has 0 aromatic carbocycles. The van der Waals surface area contributed by atoms with Crippen LogP contribution < -0.4 is 0 Å². The summed E-state index contributed by atoms with van der Waals surface area (Å²) in [4.78, 5) is 0. The quantitative estimate of drug-likeness (QED) is 0.0773. The van der Waals surface area contributed by atoms with Gasteiger partial charge < -0.3 is 0 Å². The van der Waals surface area contributed by atoms with Gasteiger partial charge in [-0.1, -0.05) is 227 Å².